The van der Waals surface area contributed by atoms with E-state index in [1.165, 1.54) is 11.1 Å². The normalized spacial score (nSPS) is 12.5. The summed E-state index contributed by atoms with van der Waals surface area (Å²) < 4.78 is 5.97. The van der Waals surface area contributed by atoms with Crippen LogP contribution in [-0.4, -0.2) is 10.9 Å². The number of ether oxygens (including phenoxy) is 1. The lowest BCUT2D eigenvalue weighted by atomic mass is 9.92. The van der Waals surface area contributed by atoms with Gasteiger partial charge in [0.05, 0.1) is 5.69 Å². The summed E-state index contributed by atoms with van der Waals surface area (Å²) in [5.41, 5.74) is 4.20. The van der Waals surface area contributed by atoms with Gasteiger partial charge in [-0.1, -0.05) is 70.2 Å². The topological polar surface area (TPSA) is 54.1 Å². The van der Waals surface area contributed by atoms with E-state index in [4.69, 9.17) is 4.74 Å². The first kappa shape index (κ1) is 21.7. The van der Waals surface area contributed by atoms with Crippen molar-refractivity contribution in [2.24, 2.45) is 5.92 Å². The predicted octanol–water partition coefficient (Wildman–Crippen LogP) is 7.08. The molecule has 0 saturated heterocycles. The molecule has 0 bridgehead atoms. The zero-order chi connectivity index (χ0) is 22.7. The Morgan fingerprint density at radius 1 is 0.969 bits per heavy atom. The third kappa shape index (κ3) is 5.02. The smallest absolute Gasteiger partial charge is 0.227 e. The number of aromatic nitrogens is 1. The molecule has 0 spiro atoms. The van der Waals surface area contributed by atoms with E-state index in [-0.39, 0.29) is 17.2 Å². The highest BCUT2D eigenvalue weighted by molar-refractivity contribution is 5.94. The summed E-state index contributed by atoms with van der Waals surface area (Å²) in [7, 11) is 0. The molecular formula is C28H30N2O2. The highest BCUT2D eigenvalue weighted by atomic mass is 16.5. The Bertz CT molecular complexity index is 1220. The van der Waals surface area contributed by atoms with Gasteiger partial charge in [0.15, 0.2) is 5.75 Å². The van der Waals surface area contributed by atoms with Gasteiger partial charge in [-0.05, 0) is 53.8 Å². The molecule has 3 aromatic carbocycles. The second-order valence-electron chi connectivity index (χ2n) is 9.36. The Balaban J connectivity index is 1.46. The summed E-state index contributed by atoms with van der Waals surface area (Å²) >= 11 is 0. The van der Waals surface area contributed by atoms with Crippen LogP contribution in [0.5, 0.6) is 11.5 Å². The van der Waals surface area contributed by atoms with Crippen molar-refractivity contribution in [2.75, 3.05) is 5.32 Å². The molecule has 164 valence electrons. The summed E-state index contributed by atoms with van der Waals surface area (Å²) in [4.78, 5) is 16.5. The molecule has 4 rings (SSSR count). The number of rotatable bonds is 6. The van der Waals surface area contributed by atoms with Crippen LogP contribution in [0.3, 0.4) is 0 Å². The molecule has 4 nitrogen and oxygen atoms in total. The third-order valence-corrected chi connectivity index (χ3v) is 5.60. The Morgan fingerprint density at radius 2 is 1.69 bits per heavy atom. The Kier molecular flexibility index (Phi) is 6.04. The molecule has 1 unspecified atom stereocenters. The number of anilines is 1. The summed E-state index contributed by atoms with van der Waals surface area (Å²) in [5, 5.41) is 4.24. The third-order valence-electron chi connectivity index (χ3n) is 5.60. The fraction of sp³-hybridized carbons (Fsp3) is 0.250. The number of carbonyl (C=O) groups is 1. The number of benzene rings is 3. The minimum atomic E-state index is -0.186. The monoisotopic (exact) mass is 426 g/mol. The van der Waals surface area contributed by atoms with E-state index in [2.05, 4.69) is 55.3 Å². The van der Waals surface area contributed by atoms with Gasteiger partial charge in [-0.15, -0.1) is 0 Å². The first-order valence-corrected chi connectivity index (χ1v) is 11.0. The minimum Gasteiger partial charge on any atom is -0.455 e. The van der Waals surface area contributed by atoms with E-state index in [9.17, 15) is 4.79 Å². The van der Waals surface area contributed by atoms with Crippen LogP contribution >= 0.6 is 0 Å². The van der Waals surface area contributed by atoms with Gasteiger partial charge < -0.3 is 15.0 Å². The first-order chi connectivity index (χ1) is 15.3. The number of fused-ring (bicyclic) bond motifs is 1. The van der Waals surface area contributed by atoms with Gasteiger partial charge in [0.2, 0.25) is 5.91 Å². The number of hydrogen-bond acceptors (Lipinski definition) is 2. The Labute approximate surface area is 189 Å². The van der Waals surface area contributed by atoms with Crippen molar-refractivity contribution < 1.29 is 9.53 Å². The van der Waals surface area contributed by atoms with Gasteiger partial charge in [0.25, 0.3) is 0 Å². The SMILES string of the molecule is CC(Cc1ccc2cc(C(C)(C)C)[nH]c2c1)C(=O)Nc1ccccc1Oc1ccccc1. The van der Waals surface area contributed by atoms with E-state index in [0.29, 0.717) is 17.9 Å². The minimum absolute atomic E-state index is 0.0314. The van der Waals surface area contributed by atoms with Gasteiger partial charge in [-0.25, -0.2) is 0 Å². The van der Waals surface area contributed by atoms with Crippen LogP contribution in [0.4, 0.5) is 5.69 Å². The van der Waals surface area contributed by atoms with Gasteiger partial charge >= 0.3 is 0 Å². The van der Waals surface area contributed by atoms with Crippen LogP contribution in [0.2, 0.25) is 0 Å². The van der Waals surface area contributed by atoms with Crippen LogP contribution in [-0.2, 0) is 16.6 Å². The zero-order valence-corrected chi connectivity index (χ0v) is 19.1. The molecule has 0 saturated carbocycles. The summed E-state index contributed by atoms with van der Waals surface area (Å²) in [6.45, 7) is 8.55. The number of nitrogens with one attached hydrogen (secondary N) is 2. The van der Waals surface area contributed by atoms with E-state index >= 15 is 0 Å². The average Bonchev–Trinajstić information content (AvgIpc) is 3.20. The molecule has 4 aromatic rings. The molecule has 32 heavy (non-hydrogen) atoms. The van der Waals surface area contributed by atoms with Gasteiger partial charge in [-0.3, -0.25) is 4.79 Å². The van der Waals surface area contributed by atoms with Crippen LogP contribution in [0, 0.1) is 5.92 Å². The molecule has 0 aliphatic heterocycles. The largest absolute Gasteiger partial charge is 0.455 e. The lowest BCUT2D eigenvalue weighted by Gasteiger charge is -2.16. The second-order valence-corrected chi connectivity index (χ2v) is 9.36. The highest BCUT2D eigenvalue weighted by Crippen LogP contribution is 2.30. The summed E-state index contributed by atoms with van der Waals surface area (Å²) in [5.74, 6) is 1.14. The number of hydrogen-bond donors (Lipinski definition) is 2. The number of H-pyrrole nitrogens is 1. The van der Waals surface area contributed by atoms with Crippen molar-refractivity contribution in [3.8, 4) is 11.5 Å². The maximum absolute atomic E-state index is 12.9. The van der Waals surface area contributed by atoms with Crippen molar-refractivity contribution in [1.82, 2.24) is 4.98 Å². The Morgan fingerprint density at radius 3 is 2.44 bits per heavy atom. The quantitative estimate of drug-likeness (QED) is 0.346. The van der Waals surface area contributed by atoms with E-state index in [1.54, 1.807) is 0 Å². The lowest BCUT2D eigenvalue weighted by Crippen LogP contribution is -2.22. The molecule has 1 heterocycles. The van der Waals surface area contributed by atoms with Crippen molar-refractivity contribution in [3.63, 3.8) is 0 Å². The molecular weight excluding hydrogens is 396 g/mol. The van der Waals surface area contributed by atoms with Crippen LogP contribution in [0.15, 0.2) is 78.9 Å². The van der Waals surface area contributed by atoms with E-state index < -0.39 is 0 Å². The highest BCUT2D eigenvalue weighted by Gasteiger charge is 2.18. The van der Waals surface area contributed by atoms with Crippen molar-refractivity contribution in [2.45, 2.75) is 39.5 Å². The standard InChI is InChI=1S/C28H30N2O2/c1-19(16-20-14-15-21-18-26(28(2,3)4)29-24(21)17-20)27(31)30-23-12-8-9-13-25(23)32-22-10-6-5-7-11-22/h5-15,17-19,29H,16H2,1-4H3,(H,30,31). The number of aromatic amines is 1. The van der Waals surface area contributed by atoms with Crippen molar-refractivity contribution in [1.29, 1.82) is 0 Å². The fourth-order valence-corrected chi connectivity index (χ4v) is 3.68. The fourth-order valence-electron chi connectivity index (χ4n) is 3.68. The van der Waals surface area contributed by atoms with Crippen LogP contribution in [0.1, 0.15) is 39.0 Å². The molecule has 1 aromatic heterocycles. The molecule has 0 radical (unpaired) electrons. The van der Waals surface area contributed by atoms with Crippen molar-refractivity contribution >= 4 is 22.5 Å². The summed E-state index contributed by atoms with van der Waals surface area (Å²) in [6, 6.07) is 25.7. The van der Waals surface area contributed by atoms with Gasteiger partial charge in [-0.2, -0.15) is 0 Å². The molecule has 2 N–H and O–H groups in total. The first-order valence-electron chi connectivity index (χ1n) is 11.0. The maximum atomic E-state index is 12.9. The number of para-hydroxylation sites is 3. The van der Waals surface area contributed by atoms with E-state index in [0.717, 1.165) is 16.8 Å². The lowest BCUT2D eigenvalue weighted by molar-refractivity contribution is -0.119. The second kappa shape index (κ2) is 8.91. The van der Waals surface area contributed by atoms with Gasteiger partial charge in [0.1, 0.15) is 5.75 Å². The van der Waals surface area contributed by atoms with Gasteiger partial charge in [0, 0.05) is 22.5 Å². The maximum Gasteiger partial charge on any atom is 0.227 e. The molecule has 1 atom stereocenters. The molecule has 0 fully saturated rings. The van der Waals surface area contributed by atoms with Crippen molar-refractivity contribution in [3.05, 3.63) is 90.1 Å². The number of amides is 1. The molecule has 1 amide bonds. The summed E-state index contributed by atoms with van der Waals surface area (Å²) in [6.07, 6.45) is 0.660. The zero-order valence-electron chi connectivity index (χ0n) is 19.1. The van der Waals surface area contributed by atoms with E-state index in [1.807, 2.05) is 61.5 Å². The average molecular weight is 427 g/mol. The molecule has 0 aliphatic carbocycles. The Hall–Kier alpha value is -3.53. The molecule has 4 heteroatoms. The predicted molar refractivity (Wildman–Crippen MR) is 131 cm³/mol. The van der Waals surface area contributed by atoms with Crippen LogP contribution in [0.25, 0.3) is 10.9 Å². The number of carbonyl (C=O) groups excluding carboxylic acids is 1. The van der Waals surface area contributed by atoms with Crippen LogP contribution < -0.4 is 10.1 Å². The molecule has 0 aliphatic rings.